The Kier molecular flexibility index (Phi) is 20.3. The Labute approximate surface area is 459 Å². The predicted octanol–water partition coefficient (Wildman–Crippen LogP) is 4.27. The summed E-state index contributed by atoms with van der Waals surface area (Å²) in [6.45, 7) is 14.3. The number of cyclic esters (lactones) is 1. The molecule has 1 spiro atoms. The number of epoxide rings is 1. The molecule has 1 unspecified atom stereocenters. The molecule has 2 saturated heterocycles. The molecule has 0 bridgehead atoms. The minimum Gasteiger partial charge on any atom is -0.495 e. The van der Waals surface area contributed by atoms with Crippen LogP contribution in [-0.4, -0.2) is 113 Å². The first-order valence-corrected chi connectivity index (χ1v) is 27.0. The molecule has 8 atom stereocenters. The first kappa shape index (κ1) is 60.4. The number of hydrogen-bond donors (Lipinski definition) is 6. The minimum absolute atomic E-state index is 0.00400. The number of rotatable bonds is 20. The summed E-state index contributed by atoms with van der Waals surface area (Å²) < 4.78 is 17.8. The molecule has 2 aromatic rings. The number of benzene rings is 2. The second-order valence-corrected chi connectivity index (χ2v) is 22.4. The van der Waals surface area contributed by atoms with Crippen LogP contribution >= 0.6 is 11.6 Å². The third kappa shape index (κ3) is 15.7. The molecular formula is C56H74ClN7O14. The summed E-state index contributed by atoms with van der Waals surface area (Å²) in [5, 5.41) is 17.8. The quantitative estimate of drug-likeness (QED) is 0.0614. The van der Waals surface area contributed by atoms with Crippen LogP contribution in [0, 0.1) is 23.2 Å². The van der Waals surface area contributed by atoms with Gasteiger partial charge in [0.15, 0.2) is 0 Å². The van der Waals surface area contributed by atoms with Crippen LogP contribution in [0.4, 0.5) is 0 Å². The minimum atomic E-state index is -1.16. The zero-order chi connectivity index (χ0) is 57.2. The van der Waals surface area contributed by atoms with E-state index in [1.54, 1.807) is 52.0 Å². The molecule has 2 aromatic carbocycles. The van der Waals surface area contributed by atoms with Gasteiger partial charge in [0.05, 0.1) is 29.2 Å². The lowest BCUT2D eigenvalue weighted by Gasteiger charge is -2.36. The lowest BCUT2D eigenvalue weighted by molar-refractivity contribution is -0.197. The number of carbonyl (C=O) groups excluding carboxylic acids is 10. The molecule has 8 amide bonds. The van der Waals surface area contributed by atoms with E-state index in [0.29, 0.717) is 34.2 Å². The smallest absolute Gasteiger partial charge is 0.333 e. The molecule has 4 aliphatic rings. The maximum Gasteiger partial charge on any atom is 0.333 e. The highest BCUT2D eigenvalue weighted by atomic mass is 35.5. The van der Waals surface area contributed by atoms with Crippen molar-refractivity contribution >= 4 is 70.8 Å². The molecule has 6 N–H and O–H groups in total. The molecule has 3 heterocycles. The van der Waals surface area contributed by atoms with Crippen molar-refractivity contribution < 1.29 is 67.0 Å². The average Bonchev–Trinajstić information content (AvgIpc) is 4.33. The summed E-state index contributed by atoms with van der Waals surface area (Å²) in [4.78, 5) is 136. The second kappa shape index (κ2) is 26.2. The Morgan fingerprint density at radius 1 is 0.846 bits per heavy atom. The summed E-state index contributed by atoms with van der Waals surface area (Å²) in [6, 6.07) is 8.49. The van der Waals surface area contributed by atoms with Gasteiger partial charge in [-0.1, -0.05) is 82.6 Å². The zero-order valence-electron chi connectivity index (χ0n) is 45.8. The van der Waals surface area contributed by atoms with Gasteiger partial charge in [-0.2, -0.15) is 0 Å². The van der Waals surface area contributed by atoms with Crippen molar-refractivity contribution in [3.63, 3.8) is 0 Å². The molecule has 78 heavy (non-hydrogen) atoms. The first-order valence-electron chi connectivity index (χ1n) is 26.6. The van der Waals surface area contributed by atoms with Gasteiger partial charge in [-0.25, -0.2) is 9.59 Å². The Hall–Kier alpha value is -6.87. The SMILES string of the molecule is COc1ccc(C[C@H]2NC(=O)/C=C/C[C@@H](C(C)[C@H]3O[C@@H]3c3ccc(CNC(=O)[C@H](C)NC(=O)[C@@H](NC(=O)CCCC(=O)ON4C(=O)CCC4=O)C(C)C)cc3)OC(=O)[C@H](CC(C)C)NC(=O)C(C)(C)C3(CC3)NC2=O)cc1Cl. The van der Waals surface area contributed by atoms with Crippen molar-refractivity contribution in [1.29, 1.82) is 0 Å². The molecule has 6 rings (SSSR count). The Bertz CT molecular complexity index is 2620. The summed E-state index contributed by atoms with van der Waals surface area (Å²) >= 11 is 6.43. The summed E-state index contributed by atoms with van der Waals surface area (Å²) in [5.41, 5.74) is 0.150. The van der Waals surface area contributed by atoms with E-state index in [0.717, 1.165) is 11.1 Å². The third-order valence-electron chi connectivity index (χ3n) is 14.8. The van der Waals surface area contributed by atoms with Crippen molar-refractivity contribution in [3.05, 3.63) is 76.3 Å². The van der Waals surface area contributed by atoms with Crippen molar-refractivity contribution in [2.24, 2.45) is 23.2 Å². The predicted molar refractivity (Wildman–Crippen MR) is 283 cm³/mol. The van der Waals surface area contributed by atoms with Gasteiger partial charge in [-0.15, -0.1) is 5.06 Å². The van der Waals surface area contributed by atoms with Crippen molar-refractivity contribution in [2.75, 3.05) is 7.11 Å². The highest BCUT2D eigenvalue weighted by Gasteiger charge is 2.60. The molecule has 424 valence electrons. The summed E-state index contributed by atoms with van der Waals surface area (Å²) in [6.07, 6.45) is 2.41. The van der Waals surface area contributed by atoms with Gasteiger partial charge in [-0.05, 0) is 93.2 Å². The first-order chi connectivity index (χ1) is 36.8. The molecule has 21 nitrogen and oxygen atoms in total. The largest absolute Gasteiger partial charge is 0.495 e. The van der Waals surface area contributed by atoms with E-state index in [1.165, 1.54) is 20.1 Å². The number of ether oxygens (including phenoxy) is 3. The van der Waals surface area contributed by atoms with Crippen LogP contribution in [0.5, 0.6) is 5.75 Å². The maximum absolute atomic E-state index is 14.2. The van der Waals surface area contributed by atoms with Crippen LogP contribution in [0.2, 0.25) is 5.02 Å². The van der Waals surface area contributed by atoms with Crippen LogP contribution in [0.15, 0.2) is 54.6 Å². The van der Waals surface area contributed by atoms with Crippen LogP contribution in [-0.2, 0) is 75.2 Å². The number of methoxy groups -OCH3 is 1. The van der Waals surface area contributed by atoms with Gasteiger partial charge in [-0.3, -0.25) is 38.4 Å². The Morgan fingerprint density at radius 3 is 2.13 bits per heavy atom. The molecule has 1 saturated carbocycles. The molecule has 3 aliphatic heterocycles. The lowest BCUT2D eigenvalue weighted by atomic mass is 9.80. The number of halogens is 1. The van der Waals surface area contributed by atoms with E-state index in [9.17, 15) is 47.9 Å². The van der Waals surface area contributed by atoms with Crippen LogP contribution in [0.1, 0.15) is 136 Å². The van der Waals surface area contributed by atoms with E-state index in [1.807, 2.05) is 45.0 Å². The maximum atomic E-state index is 14.2. The van der Waals surface area contributed by atoms with Crippen LogP contribution < -0.4 is 36.6 Å². The lowest BCUT2D eigenvalue weighted by Crippen LogP contribution is -2.60. The monoisotopic (exact) mass is 1100 g/mol. The average molecular weight is 1100 g/mol. The fraction of sp³-hybridized carbons (Fsp3) is 0.571. The highest BCUT2D eigenvalue weighted by molar-refractivity contribution is 6.32. The normalized spacial score (nSPS) is 23.7. The number of nitrogens with zero attached hydrogens (tertiary/aromatic N) is 1. The zero-order valence-corrected chi connectivity index (χ0v) is 46.5. The third-order valence-corrected chi connectivity index (χ3v) is 15.1. The number of imide groups is 1. The van der Waals surface area contributed by atoms with E-state index >= 15 is 0 Å². The van der Waals surface area contributed by atoms with E-state index in [4.69, 9.17) is 30.6 Å². The summed E-state index contributed by atoms with van der Waals surface area (Å²) in [5.74, 6) is -6.02. The van der Waals surface area contributed by atoms with E-state index in [2.05, 4.69) is 31.9 Å². The number of hydroxylamine groups is 2. The van der Waals surface area contributed by atoms with Gasteiger partial charge in [0.2, 0.25) is 35.4 Å². The van der Waals surface area contributed by atoms with Gasteiger partial charge < -0.3 is 50.9 Å². The number of amides is 8. The number of nitrogens with one attached hydrogen (secondary N) is 6. The van der Waals surface area contributed by atoms with Crippen LogP contribution in [0.25, 0.3) is 0 Å². The molecule has 22 heteroatoms. The van der Waals surface area contributed by atoms with Gasteiger partial charge >= 0.3 is 11.9 Å². The number of esters is 1. The van der Waals surface area contributed by atoms with Crippen LogP contribution in [0.3, 0.4) is 0 Å². The number of carbonyl (C=O) groups is 10. The van der Waals surface area contributed by atoms with Gasteiger partial charge in [0.25, 0.3) is 11.8 Å². The molecule has 0 radical (unpaired) electrons. The van der Waals surface area contributed by atoms with Crippen molar-refractivity contribution in [1.82, 2.24) is 37.0 Å². The molecular weight excluding hydrogens is 1030 g/mol. The second-order valence-electron chi connectivity index (χ2n) is 22.0. The molecule has 3 fully saturated rings. The molecule has 1 aliphatic carbocycles. The fourth-order valence-corrected chi connectivity index (χ4v) is 9.81. The Morgan fingerprint density at radius 2 is 1.51 bits per heavy atom. The standard InChI is InChI=1S/C56H74ClN7O14/c1-30(2)26-39-53(73)76-40(12-10-13-42(65)60-38(28-35-18-21-41(75-9)37(57)27-35)51(71)63-56(24-25-56)55(7,8)54(74)61-39)32(5)48-49(77-48)36-19-16-34(17-20-36)29-58-50(70)33(6)59-52(72)47(31(3)4)62-43(66)14-11-15-46(69)78-64-44(67)22-23-45(64)68/h10,13,16-21,27,30-33,38-40,47-49H,11-12,14-15,22-26,28-29H2,1-9H3,(H,58,70)(H,59,72)(H,60,65)(H,61,74)(H,62,66)(H,63,71)/b13-10+/t32?,33-,38+,39-,40-,47-,48+,49+/m0/s1. The van der Waals surface area contributed by atoms with E-state index < -0.39 is 112 Å². The van der Waals surface area contributed by atoms with Gasteiger partial charge in [0.1, 0.15) is 42.1 Å². The topological polar surface area (TPSA) is 286 Å². The fourth-order valence-electron chi connectivity index (χ4n) is 9.53. The van der Waals surface area contributed by atoms with E-state index in [-0.39, 0.29) is 75.9 Å². The highest BCUT2D eigenvalue weighted by Crippen LogP contribution is 2.50. The molecule has 0 aromatic heterocycles. The summed E-state index contributed by atoms with van der Waals surface area (Å²) in [7, 11) is 1.49. The van der Waals surface area contributed by atoms with Crippen molar-refractivity contribution in [3.8, 4) is 5.75 Å². The van der Waals surface area contributed by atoms with Gasteiger partial charge in [0, 0.05) is 51.0 Å². The Balaban J connectivity index is 1.05. The van der Waals surface area contributed by atoms with Crippen molar-refractivity contribution in [2.45, 2.75) is 174 Å². The number of hydrogen-bond acceptors (Lipinski definition) is 14.